The number of ether oxygens (including phenoxy) is 1. The van der Waals surface area contributed by atoms with Crippen molar-refractivity contribution < 1.29 is 22.4 Å². The molecule has 2 N–H and O–H groups in total. The van der Waals surface area contributed by atoms with Crippen molar-refractivity contribution in [1.82, 2.24) is 4.98 Å². The fourth-order valence-corrected chi connectivity index (χ4v) is 4.63. The molecule has 3 aromatic carbocycles. The number of aryl methyl sites for hydroxylation is 2. The summed E-state index contributed by atoms with van der Waals surface area (Å²) in [5.74, 6) is 0.471. The summed E-state index contributed by atoms with van der Waals surface area (Å²) in [6.07, 6.45) is 0. The van der Waals surface area contributed by atoms with Crippen molar-refractivity contribution >= 4 is 38.4 Å². The van der Waals surface area contributed by atoms with E-state index in [4.69, 9.17) is 9.15 Å². The monoisotopic (exact) mass is 451 g/mol. The Bertz CT molecular complexity index is 1430. The Hall–Kier alpha value is -3.85. The lowest BCUT2D eigenvalue weighted by atomic mass is 10.1. The molecule has 4 aromatic rings. The minimum atomic E-state index is -3.96. The molecule has 8 nitrogen and oxygen atoms in total. The molecule has 0 aliphatic rings. The molecule has 0 atom stereocenters. The molecule has 32 heavy (non-hydrogen) atoms. The molecule has 1 aromatic heterocycles. The molecule has 0 aliphatic carbocycles. The summed E-state index contributed by atoms with van der Waals surface area (Å²) in [7, 11) is -2.50. The number of amides is 1. The first-order valence-electron chi connectivity index (χ1n) is 9.72. The summed E-state index contributed by atoms with van der Waals surface area (Å²) in [5.41, 5.74) is 2.77. The van der Waals surface area contributed by atoms with Gasteiger partial charge in [0.1, 0.15) is 11.3 Å². The normalized spacial score (nSPS) is 11.3. The van der Waals surface area contributed by atoms with Crippen molar-refractivity contribution in [3.05, 3.63) is 77.7 Å². The summed E-state index contributed by atoms with van der Waals surface area (Å²) >= 11 is 0. The zero-order valence-electron chi connectivity index (χ0n) is 17.7. The quantitative estimate of drug-likeness (QED) is 0.446. The lowest BCUT2D eigenvalue weighted by Crippen LogP contribution is -2.17. The number of sulfonamides is 1. The predicted molar refractivity (Wildman–Crippen MR) is 122 cm³/mol. The van der Waals surface area contributed by atoms with Crippen LogP contribution in [-0.2, 0) is 10.0 Å². The number of anilines is 2. The van der Waals surface area contributed by atoms with Crippen molar-refractivity contribution in [1.29, 1.82) is 0 Å². The number of hydrogen-bond acceptors (Lipinski definition) is 6. The van der Waals surface area contributed by atoms with Crippen molar-refractivity contribution in [3.63, 3.8) is 0 Å². The average Bonchev–Trinajstić information content (AvgIpc) is 3.13. The molecule has 0 saturated carbocycles. The van der Waals surface area contributed by atoms with E-state index < -0.39 is 15.9 Å². The first-order chi connectivity index (χ1) is 15.3. The van der Waals surface area contributed by atoms with Crippen LogP contribution in [0.15, 0.2) is 70.0 Å². The number of fused-ring (bicyclic) bond motifs is 1. The van der Waals surface area contributed by atoms with Crippen LogP contribution in [0.1, 0.15) is 21.8 Å². The van der Waals surface area contributed by atoms with Crippen molar-refractivity contribution in [2.24, 2.45) is 0 Å². The second-order valence-corrected chi connectivity index (χ2v) is 8.81. The van der Waals surface area contributed by atoms with E-state index in [-0.39, 0.29) is 10.5 Å². The van der Waals surface area contributed by atoms with Crippen LogP contribution in [0.2, 0.25) is 0 Å². The van der Waals surface area contributed by atoms with Crippen LogP contribution in [-0.4, -0.2) is 26.4 Å². The third-order valence-corrected chi connectivity index (χ3v) is 6.35. The Morgan fingerprint density at radius 2 is 1.81 bits per heavy atom. The number of rotatable bonds is 6. The van der Waals surface area contributed by atoms with Gasteiger partial charge in [-0.15, -0.1) is 0 Å². The number of para-hydroxylation sites is 2. The Kier molecular flexibility index (Phi) is 5.58. The van der Waals surface area contributed by atoms with Crippen LogP contribution >= 0.6 is 0 Å². The molecule has 4 rings (SSSR count). The molecule has 0 spiro atoms. The van der Waals surface area contributed by atoms with E-state index >= 15 is 0 Å². The average molecular weight is 452 g/mol. The smallest absolute Gasteiger partial charge is 0.262 e. The van der Waals surface area contributed by atoms with Gasteiger partial charge in [0.05, 0.1) is 17.7 Å². The molecule has 0 aliphatic heterocycles. The van der Waals surface area contributed by atoms with E-state index in [1.807, 2.05) is 0 Å². The van der Waals surface area contributed by atoms with Gasteiger partial charge in [-0.05, 0) is 55.0 Å². The van der Waals surface area contributed by atoms with Crippen LogP contribution in [0.5, 0.6) is 5.75 Å². The van der Waals surface area contributed by atoms with E-state index in [9.17, 15) is 13.2 Å². The molecule has 1 amide bonds. The molecule has 0 bridgehead atoms. The highest BCUT2D eigenvalue weighted by Gasteiger charge is 2.21. The van der Waals surface area contributed by atoms with E-state index in [1.54, 1.807) is 68.4 Å². The van der Waals surface area contributed by atoms with E-state index in [2.05, 4.69) is 15.0 Å². The minimum absolute atomic E-state index is 0.00126. The molecular formula is C23H21N3O5S. The summed E-state index contributed by atoms with van der Waals surface area (Å²) in [4.78, 5) is 17.1. The van der Waals surface area contributed by atoms with Crippen LogP contribution in [0.25, 0.3) is 11.1 Å². The van der Waals surface area contributed by atoms with E-state index in [1.165, 1.54) is 13.2 Å². The van der Waals surface area contributed by atoms with Crippen LogP contribution in [0, 0.1) is 13.8 Å². The number of carbonyl (C=O) groups excluding carboxylic acids is 1. The fourth-order valence-electron chi connectivity index (χ4n) is 3.28. The first-order valence-corrected chi connectivity index (χ1v) is 11.2. The van der Waals surface area contributed by atoms with Gasteiger partial charge in [0.15, 0.2) is 11.5 Å². The lowest BCUT2D eigenvalue weighted by molar-refractivity contribution is 0.102. The van der Waals surface area contributed by atoms with Crippen LogP contribution < -0.4 is 14.8 Å². The molecular weight excluding hydrogens is 430 g/mol. The fraction of sp³-hybridized carbons (Fsp3) is 0.130. The zero-order valence-corrected chi connectivity index (χ0v) is 18.5. The Morgan fingerprint density at radius 1 is 1.03 bits per heavy atom. The highest BCUT2D eigenvalue weighted by atomic mass is 32.2. The van der Waals surface area contributed by atoms with Gasteiger partial charge in [0, 0.05) is 18.2 Å². The van der Waals surface area contributed by atoms with Gasteiger partial charge in [-0.25, -0.2) is 13.4 Å². The van der Waals surface area contributed by atoms with Crippen LogP contribution in [0.4, 0.5) is 11.4 Å². The number of nitrogens with one attached hydrogen (secondary N) is 2. The Morgan fingerprint density at radius 3 is 2.59 bits per heavy atom. The Labute approximate surface area is 185 Å². The third kappa shape index (κ3) is 4.28. The van der Waals surface area contributed by atoms with Crippen molar-refractivity contribution in [2.45, 2.75) is 18.7 Å². The van der Waals surface area contributed by atoms with Gasteiger partial charge in [0.25, 0.3) is 15.9 Å². The minimum Gasteiger partial charge on any atom is -0.495 e. The second-order valence-electron chi connectivity index (χ2n) is 7.16. The van der Waals surface area contributed by atoms with Gasteiger partial charge in [-0.2, -0.15) is 0 Å². The maximum absolute atomic E-state index is 13.1. The number of aromatic nitrogens is 1. The molecule has 9 heteroatoms. The largest absolute Gasteiger partial charge is 0.495 e. The van der Waals surface area contributed by atoms with E-state index in [0.717, 1.165) is 0 Å². The standard InChI is InChI=1S/C23H21N3O5S/c1-14-8-9-16(23(27)25-17-10-11-21-19(13-17)24-15(2)31-21)12-22(14)32(28,29)26-18-6-4-5-7-20(18)30-3/h4-13,26H,1-3H3,(H,25,27). The third-order valence-electron chi connectivity index (χ3n) is 4.84. The Balaban J connectivity index is 1.61. The van der Waals surface area contributed by atoms with Crippen LogP contribution in [0.3, 0.4) is 0 Å². The van der Waals surface area contributed by atoms with Gasteiger partial charge in [0.2, 0.25) is 0 Å². The lowest BCUT2D eigenvalue weighted by Gasteiger charge is -2.14. The maximum Gasteiger partial charge on any atom is 0.262 e. The second kappa shape index (κ2) is 8.35. The molecule has 0 fully saturated rings. The van der Waals surface area contributed by atoms with Crippen molar-refractivity contribution in [3.8, 4) is 5.75 Å². The van der Waals surface area contributed by atoms with Gasteiger partial charge in [-0.1, -0.05) is 18.2 Å². The number of benzene rings is 3. The van der Waals surface area contributed by atoms with Gasteiger partial charge < -0.3 is 14.5 Å². The molecule has 0 unspecified atom stereocenters. The number of hydrogen-bond donors (Lipinski definition) is 2. The van der Waals surface area contributed by atoms with Gasteiger partial charge >= 0.3 is 0 Å². The maximum atomic E-state index is 13.1. The number of nitrogens with zero attached hydrogens (tertiary/aromatic N) is 1. The topological polar surface area (TPSA) is 111 Å². The van der Waals surface area contributed by atoms with Crippen molar-refractivity contribution in [2.75, 3.05) is 17.1 Å². The zero-order chi connectivity index (χ0) is 22.9. The first kappa shape index (κ1) is 21.4. The summed E-state index contributed by atoms with van der Waals surface area (Å²) in [6.45, 7) is 3.41. The number of methoxy groups -OCH3 is 1. The molecule has 0 saturated heterocycles. The highest BCUT2D eigenvalue weighted by molar-refractivity contribution is 7.92. The van der Waals surface area contributed by atoms with E-state index in [0.29, 0.717) is 39.7 Å². The molecule has 0 radical (unpaired) electrons. The SMILES string of the molecule is COc1ccccc1NS(=O)(=O)c1cc(C(=O)Nc2ccc3oc(C)nc3c2)ccc1C. The number of carbonyl (C=O) groups is 1. The molecule has 1 heterocycles. The predicted octanol–water partition coefficient (Wildman–Crippen LogP) is 4.51. The molecule has 164 valence electrons. The van der Waals surface area contributed by atoms with Gasteiger partial charge in [-0.3, -0.25) is 9.52 Å². The summed E-state index contributed by atoms with van der Waals surface area (Å²) in [6, 6.07) is 16.3. The highest BCUT2D eigenvalue weighted by Crippen LogP contribution is 2.28. The number of oxazole rings is 1. The summed E-state index contributed by atoms with van der Waals surface area (Å²) in [5, 5.41) is 2.77. The summed E-state index contributed by atoms with van der Waals surface area (Å²) < 4.78 is 39.3.